The van der Waals surface area contributed by atoms with Gasteiger partial charge < -0.3 is 5.11 Å². The molecule has 2 fully saturated rings. The van der Waals surface area contributed by atoms with Crippen molar-refractivity contribution >= 4 is 22.9 Å². The minimum absolute atomic E-state index is 0.369. The Kier molecular flexibility index (Phi) is 2.70. The average Bonchev–Trinajstić information content (AvgIpc) is 3.02. The summed E-state index contributed by atoms with van der Waals surface area (Å²) >= 11 is 7.29. The molecular weight excluding hydrogens is 254 g/mol. The van der Waals surface area contributed by atoms with E-state index in [0.29, 0.717) is 16.2 Å². The molecule has 90 valence electrons. The lowest BCUT2D eigenvalue weighted by Gasteiger charge is -2.34. The molecule has 0 amide bonds. The van der Waals surface area contributed by atoms with Crippen molar-refractivity contribution in [1.29, 1.82) is 5.26 Å². The van der Waals surface area contributed by atoms with E-state index in [1.807, 2.05) is 6.07 Å². The van der Waals surface area contributed by atoms with Crippen molar-refractivity contribution in [2.45, 2.75) is 31.8 Å². The van der Waals surface area contributed by atoms with E-state index in [0.717, 1.165) is 24.1 Å². The number of halogens is 1. The number of nitrogens with zero attached hydrogens (tertiary/aromatic N) is 1. The van der Waals surface area contributed by atoms with E-state index >= 15 is 0 Å². The summed E-state index contributed by atoms with van der Waals surface area (Å²) in [7, 11) is 0. The summed E-state index contributed by atoms with van der Waals surface area (Å²) in [6.45, 7) is 0. The molecule has 1 aromatic rings. The van der Waals surface area contributed by atoms with E-state index in [1.165, 1.54) is 17.8 Å². The first-order valence-electron chi connectivity index (χ1n) is 6.00. The summed E-state index contributed by atoms with van der Waals surface area (Å²) in [5.74, 6) is 1.01. The predicted molar refractivity (Wildman–Crippen MR) is 67.8 cm³/mol. The van der Waals surface area contributed by atoms with Crippen LogP contribution in [0.3, 0.4) is 0 Å². The monoisotopic (exact) mass is 267 g/mol. The molecule has 2 aliphatic carbocycles. The molecule has 4 heteroatoms. The molecule has 17 heavy (non-hydrogen) atoms. The van der Waals surface area contributed by atoms with Crippen LogP contribution in [0.15, 0.2) is 12.1 Å². The van der Waals surface area contributed by atoms with Crippen molar-refractivity contribution in [2.24, 2.45) is 17.3 Å². The zero-order valence-corrected chi connectivity index (χ0v) is 11.0. The Labute approximate surface area is 110 Å². The molecule has 0 spiro atoms. The summed E-state index contributed by atoms with van der Waals surface area (Å²) in [5.41, 5.74) is -0.558. The van der Waals surface area contributed by atoms with Gasteiger partial charge in [0.25, 0.3) is 0 Å². The number of nitriles is 1. The molecule has 1 heterocycles. The topological polar surface area (TPSA) is 44.0 Å². The number of fused-ring (bicyclic) bond motifs is 2. The van der Waals surface area contributed by atoms with Crippen LogP contribution in [-0.2, 0) is 0 Å². The molecule has 2 nitrogen and oxygen atoms in total. The van der Waals surface area contributed by atoms with E-state index in [9.17, 15) is 10.4 Å². The second-order valence-corrected chi connectivity index (χ2v) is 7.02. The number of hydrogen-bond donors (Lipinski definition) is 1. The van der Waals surface area contributed by atoms with Gasteiger partial charge in [-0.15, -0.1) is 11.3 Å². The first-order valence-corrected chi connectivity index (χ1v) is 7.20. The molecule has 4 unspecified atom stereocenters. The number of aliphatic hydroxyl groups excluding tert-OH is 1. The third kappa shape index (κ3) is 1.62. The maximum Gasteiger partial charge on any atom is 0.107 e. The molecule has 0 saturated heterocycles. The second kappa shape index (κ2) is 3.98. The second-order valence-electron chi connectivity index (χ2n) is 5.28. The minimum atomic E-state index is -0.666. The molecule has 4 atom stereocenters. The molecule has 2 bridgehead atoms. The fourth-order valence-corrected chi connectivity index (χ4v) is 4.78. The van der Waals surface area contributed by atoms with Crippen molar-refractivity contribution in [3.05, 3.63) is 21.3 Å². The highest BCUT2D eigenvalue weighted by Gasteiger charge is 2.56. The summed E-state index contributed by atoms with van der Waals surface area (Å²) in [6, 6.07) is 6.07. The van der Waals surface area contributed by atoms with Crippen molar-refractivity contribution in [3.63, 3.8) is 0 Å². The highest BCUT2D eigenvalue weighted by molar-refractivity contribution is 7.16. The molecule has 2 aliphatic rings. The Balaban J connectivity index is 1.94. The van der Waals surface area contributed by atoms with Gasteiger partial charge in [-0.25, -0.2) is 0 Å². The highest BCUT2D eigenvalue weighted by Crippen LogP contribution is 2.61. The Hall–Kier alpha value is -0.560. The van der Waals surface area contributed by atoms with Crippen molar-refractivity contribution in [2.75, 3.05) is 0 Å². The van der Waals surface area contributed by atoms with Gasteiger partial charge in [-0.3, -0.25) is 0 Å². The Morgan fingerprint density at radius 1 is 1.53 bits per heavy atom. The van der Waals surface area contributed by atoms with Crippen LogP contribution in [0.25, 0.3) is 0 Å². The lowest BCUT2D eigenvalue weighted by Crippen LogP contribution is -2.32. The molecule has 2 saturated carbocycles. The quantitative estimate of drug-likeness (QED) is 0.887. The Morgan fingerprint density at radius 2 is 2.35 bits per heavy atom. The lowest BCUT2D eigenvalue weighted by molar-refractivity contribution is 0.0259. The first-order chi connectivity index (χ1) is 8.15. The smallest absolute Gasteiger partial charge is 0.107 e. The zero-order chi connectivity index (χ0) is 12.0. The fourth-order valence-electron chi connectivity index (χ4n) is 3.63. The maximum atomic E-state index is 10.5. The number of rotatable bonds is 2. The third-order valence-corrected chi connectivity index (χ3v) is 5.74. The summed E-state index contributed by atoms with van der Waals surface area (Å²) in [6.07, 6.45) is 3.62. The molecule has 1 N–H and O–H groups in total. The Bertz CT molecular complexity index is 480. The fraction of sp³-hybridized carbons (Fsp3) is 0.615. The van der Waals surface area contributed by atoms with Crippen molar-refractivity contribution in [3.8, 4) is 6.07 Å². The SMILES string of the molecule is N#CC1(C(O)c2ccc(Cl)s2)CC2CCC1C2. The summed E-state index contributed by atoms with van der Waals surface area (Å²) < 4.78 is 0.676. The highest BCUT2D eigenvalue weighted by atomic mass is 35.5. The standard InChI is InChI=1S/C13H14ClNOS/c14-11-4-3-10(17-11)12(16)13(7-15)6-8-1-2-9(13)5-8/h3-4,8-9,12,16H,1-2,5-6H2. The van der Waals surface area contributed by atoms with Gasteiger partial charge in [-0.05, 0) is 43.2 Å². The van der Waals surface area contributed by atoms with Crippen LogP contribution in [0, 0.1) is 28.6 Å². The molecule has 1 aromatic heterocycles. The van der Waals surface area contributed by atoms with E-state index in [1.54, 1.807) is 6.07 Å². The van der Waals surface area contributed by atoms with E-state index < -0.39 is 11.5 Å². The van der Waals surface area contributed by atoms with Gasteiger partial charge >= 0.3 is 0 Å². The zero-order valence-electron chi connectivity index (χ0n) is 9.40. The largest absolute Gasteiger partial charge is 0.386 e. The van der Waals surface area contributed by atoms with E-state index in [2.05, 4.69) is 6.07 Å². The van der Waals surface area contributed by atoms with Gasteiger partial charge in [0.15, 0.2) is 0 Å². The van der Waals surface area contributed by atoms with Crippen LogP contribution in [0.4, 0.5) is 0 Å². The summed E-state index contributed by atoms with van der Waals surface area (Å²) in [5, 5.41) is 20.1. The van der Waals surface area contributed by atoms with Crippen LogP contribution in [-0.4, -0.2) is 5.11 Å². The van der Waals surface area contributed by atoms with Crippen LogP contribution >= 0.6 is 22.9 Å². The minimum Gasteiger partial charge on any atom is -0.386 e. The molecule has 0 aliphatic heterocycles. The average molecular weight is 268 g/mol. The number of thiophene rings is 1. The predicted octanol–water partition coefficient (Wildman–Crippen LogP) is 3.76. The number of hydrogen-bond acceptors (Lipinski definition) is 3. The van der Waals surface area contributed by atoms with Crippen molar-refractivity contribution < 1.29 is 5.11 Å². The lowest BCUT2D eigenvalue weighted by atomic mass is 9.70. The van der Waals surface area contributed by atoms with Gasteiger partial charge in [0, 0.05) is 4.88 Å². The third-order valence-electron chi connectivity index (χ3n) is 4.46. The van der Waals surface area contributed by atoms with Crippen molar-refractivity contribution in [1.82, 2.24) is 0 Å². The van der Waals surface area contributed by atoms with Gasteiger partial charge in [-0.2, -0.15) is 5.26 Å². The molecule has 0 radical (unpaired) electrons. The molecule has 3 rings (SSSR count). The van der Waals surface area contributed by atoms with Crippen LogP contribution in [0.5, 0.6) is 0 Å². The van der Waals surface area contributed by atoms with Gasteiger partial charge in [0.1, 0.15) is 6.10 Å². The van der Waals surface area contributed by atoms with Gasteiger partial charge in [0.2, 0.25) is 0 Å². The first kappa shape index (κ1) is 11.5. The van der Waals surface area contributed by atoms with Crippen LogP contribution in [0.2, 0.25) is 4.34 Å². The van der Waals surface area contributed by atoms with E-state index in [-0.39, 0.29) is 0 Å². The van der Waals surface area contributed by atoms with Crippen LogP contribution in [0.1, 0.15) is 36.7 Å². The van der Waals surface area contributed by atoms with E-state index in [4.69, 9.17) is 11.6 Å². The number of aliphatic hydroxyl groups is 1. The summed E-state index contributed by atoms with van der Waals surface area (Å²) in [4.78, 5) is 0.837. The maximum absolute atomic E-state index is 10.5. The van der Waals surface area contributed by atoms with Gasteiger partial charge in [-0.1, -0.05) is 18.0 Å². The molecular formula is C13H14ClNOS. The normalized spacial score (nSPS) is 37.0. The van der Waals surface area contributed by atoms with Crippen LogP contribution < -0.4 is 0 Å². The Morgan fingerprint density at radius 3 is 2.82 bits per heavy atom. The van der Waals surface area contributed by atoms with Gasteiger partial charge in [0.05, 0.1) is 15.8 Å². The molecule has 0 aromatic carbocycles.